The molecule has 2 aromatic rings. The fraction of sp³-hybridized carbons (Fsp3) is 0.294. The number of anilines is 2. The smallest absolute Gasteiger partial charge is 0.234 e. The number of hydrogen-bond donors (Lipinski definition) is 2. The van der Waals surface area contributed by atoms with E-state index in [1.54, 1.807) is 31.2 Å². The van der Waals surface area contributed by atoms with Crippen LogP contribution < -0.4 is 10.6 Å². The van der Waals surface area contributed by atoms with Gasteiger partial charge in [-0.1, -0.05) is 18.7 Å². The summed E-state index contributed by atoms with van der Waals surface area (Å²) in [6, 6.07) is 8.90. The highest BCUT2D eigenvalue weighted by molar-refractivity contribution is 7.99. The predicted molar refractivity (Wildman–Crippen MR) is 96.2 cm³/mol. The SMILES string of the molecule is CCC(=O)Nc1ccc(NC(=O)CSc2nc(C)cc(C)n2)cc1. The number of amides is 2. The number of hydrogen-bond acceptors (Lipinski definition) is 5. The fourth-order valence-corrected chi connectivity index (χ4v) is 2.72. The van der Waals surface area contributed by atoms with Crippen LogP contribution in [-0.2, 0) is 9.59 Å². The molecule has 0 bridgehead atoms. The van der Waals surface area contributed by atoms with Crippen molar-refractivity contribution < 1.29 is 9.59 Å². The second-order valence-corrected chi connectivity index (χ2v) is 6.19. The second kappa shape index (κ2) is 8.44. The van der Waals surface area contributed by atoms with Crippen LogP contribution in [0.3, 0.4) is 0 Å². The van der Waals surface area contributed by atoms with Crippen LogP contribution in [0.2, 0.25) is 0 Å². The zero-order chi connectivity index (χ0) is 17.5. The van der Waals surface area contributed by atoms with Crippen molar-refractivity contribution in [2.75, 3.05) is 16.4 Å². The summed E-state index contributed by atoms with van der Waals surface area (Å²) < 4.78 is 0. The highest BCUT2D eigenvalue weighted by Crippen LogP contribution is 2.17. The van der Waals surface area contributed by atoms with Crippen LogP contribution in [0.5, 0.6) is 0 Å². The third-order valence-corrected chi connectivity index (χ3v) is 3.91. The Labute approximate surface area is 145 Å². The number of thioether (sulfide) groups is 1. The lowest BCUT2D eigenvalue weighted by atomic mass is 10.2. The monoisotopic (exact) mass is 344 g/mol. The molecule has 1 aromatic heterocycles. The number of rotatable bonds is 6. The van der Waals surface area contributed by atoms with Crippen LogP contribution in [0, 0.1) is 13.8 Å². The van der Waals surface area contributed by atoms with E-state index in [9.17, 15) is 9.59 Å². The molecule has 24 heavy (non-hydrogen) atoms. The minimum atomic E-state index is -0.131. The van der Waals surface area contributed by atoms with Gasteiger partial charge < -0.3 is 10.6 Å². The van der Waals surface area contributed by atoms with E-state index in [0.29, 0.717) is 23.0 Å². The normalized spacial score (nSPS) is 10.3. The van der Waals surface area contributed by atoms with Crippen molar-refractivity contribution in [3.8, 4) is 0 Å². The van der Waals surface area contributed by atoms with Gasteiger partial charge in [0, 0.05) is 29.2 Å². The van der Waals surface area contributed by atoms with E-state index in [4.69, 9.17) is 0 Å². The molecule has 2 rings (SSSR count). The molecule has 0 aliphatic heterocycles. The maximum absolute atomic E-state index is 12.0. The summed E-state index contributed by atoms with van der Waals surface area (Å²) in [6.07, 6.45) is 0.427. The largest absolute Gasteiger partial charge is 0.326 e. The average molecular weight is 344 g/mol. The van der Waals surface area contributed by atoms with Crippen molar-refractivity contribution in [3.63, 3.8) is 0 Å². The lowest BCUT2D eigenvalue weighted by Crippen LogP contribution is -2.14. The van der Waals surface area contributed by atoms with E-state index in [2.05, 4.69) is 20.6 Å². The molecule has 0 radical (unpaired) electrons. The highest BCUT2D eigenvalue weighted by atomic mass is 32.2. The number of carbonyl (C=O) groups is 2. The fourth-order valence-electron chi connectivity index (χ4n) is 1.97. The molecular weight excluding hydrogens is 324 g/mol. The third-order valence-electron chi connectivity index (χ3n) is 3.07. The maximum atomic E-state index is 12.0. The second-order valence-electron chi connectivity index (χ2n) is 5.25. The summed E-state index contributed by atoms with van der Waals surface area (Å²) in [6.45, 7) is 5.59. The third kappa shape index (κ3) is 5.66. The van der Waals surface area contributed by atoms with Crippen LogP contribution >= 0.6 is 11.8 Å². The topological polar surface area (TPSA) is 84.0 Å². The first-order valence-corrected chi connectivity index (χ1v) is 8.59. The Morgan fingerprint density at radius 1 is 0.958 bits per heavy atom. The molecule has 0 aliphatic rings. The van der Waals surface area contributed by atoms with Gasteiger partial charge in [-0.2, -0.15) is 0 Å². The van der Waals surface area contributed by atoms with Gasteiger partial charge in [0.15, 0.2) is 5.16 Å². The first-order valence-electron chi connectivity index (χ1n) is 7.61. The molecule has 0 aliphatic carbocycles. The summed E-state index contributed by atoms with van der Waals surface area (Å²) in [4.78, 5) is 31.9. The highest BCUT2D eigenvalue weighted by Gasteiger charge is 2.07. The molecule has 7 heteroatoms. The number of nitrogens with one attached hydrogen (secondary N) is 2. The minimum Gasteiger partial charge on any atom is -0.326 e. The van der Waals surface area contributed by atoms with Crippen molar-refractivity contribution in [1.82, 2.24) is 9.97 Å². The summed E-state index contributed by atoms with van der Waals surface area (Å²) in [5, 5.41) is 6.16. The molecule has 126 valence electrons. The lowest BCUT2D eigenvalue weighted by Gasteiger charge is -2.07. The van der Waals surface area contributed by atoms with Gasteiger partial charge in [-0.05, 0) is 44.2 Å². The van der Waals surface area contributed by atoms with Crippen LogP contribution in [0.1, 0.15) is 24.7 Å². The van der Waals surface area contributed by atoms with Crippen molar-refractivity contribution in [3.05, 3.63) is 41.7 Å². The summed E-state index contributed by atoms with van der Waals surface area (Å²) >= 11 is 1.30. The van der Waals surface area contributed by atoms with E-state index in [-0.39, 0.29) is 17.6 Å². The molecule has 1 aromatic carbocycles. The molecule has 0 atom stereocenters. The molecule has 0 unspecified atom stereocenters. The molecule has 2 amide bonds. The number of carbonyl (C=O) groups excluding carboxylic acids is 2. The van der Waals surface area contributed by atoms with Crippen LogP contribution in [0.25, 0.3) is 0 Å². The van der Waals surface area contributed by atoms with Crippen molar-refractivity contribution in [2.24, 2.45) is 0 Å². The lowest BCUT2D eigenvalue weighted by molar-refractivity contribution is -0.116. The standard InChI is InChI=1S/C17H20N4O2S/c1-4-15(22)20-13-5-7-14(8-6-13)21-16(23)10-24-17-18-11(2)9-12(3)19-17/h5-9H,4,10H2,1-3H3,(H,20,22)(H,21,23). The van der Waals surface area contributed by atoms with Crippen molar-refractivity contribution in [2.45, 2.75) is 32.3 Å². The van der Waals surface area contributed by atoms with Crippen molar-refractivity contribution >= 4 is 35.0 Å². The molecule has 0 saturated heterocycles. The Balaban J connectivity index is 1.86. The zero-order valence-electron chi connectivity index (χ0n) is 13.9. The summed E-state index contributed by atoms with van der Waals surface area (Å²) in [5.74, 6) is 0.0572. The molecule has 0 saturated carbocycles. The minimum absolute atomic E-state index is 0.0448. The first-order chi connectivity index (χ1) is 11.5. The summed E-state index contributed by atoms with van der Waals surface area (Å²) in [7, 11) is 0. The van der Waals surface area contributed by atoms with Gasteiger partial charge in [-0.25, -0.2) is 9.97 Å². The number of aryl methyl sites for hydroxylation is 2. The average Bonchev–Trinajstić information content (AvgIpc) is 2.54. The van der Waals surface area contributed by atoms with Crippen LogP contribution in [-0.4, -0.2) is 27.5 Å². The van der Waals surface area contributed by atoms with Gasteiger partial charge in [-0.3, -0.25) is 9.59 Å². The van der Waals surface area contributed by atoms with E-state index in [0.717, 1.165) is 11.4 Å². The Morgan fingerprint density at radius 2 is 1.46 bits per heavy atom. The van der Waals surface area contributed by atoms with Gasteiger partial charge in [0.2, 0.25) is 11.8 Å². The van der Waals surface area contributed by atoms with E-state index in [1.165, 1.54) is 11.8 Å². The van der Waals surface area contributed by atoms with Gasteiger partial charge in [0.25, 0.3) is 0 Å². The molecular formula is C17H20N4O2S. The van der Waals surface area contributed by atoms with E-state index < -0.39 is 0 Å². The summed E-state index contributed by atoms with van der Waals surface area (Å²) in [5.41, 5.74) is 3.15. The molecule has 1 heterocycles. The van der Waals surface area contributed by atoms with Gasteiger partial charge in [0.1, 0.15) is 0 Å². The Morgan fingerprint density at radius 3 is 1.96 bits per heavy atom. The number of nitrogens with zero attached hydrogens (tertiary/aromatic N) is 2. The van der Waals surface area contributed by atoms with E-state index >= 15 is 0 Å². The van der Waals surface area contributed by atoms with E-state index in [1.807, 2.05) is 19.9 Å². The Bertz CT molecular complexity index is 712. The predicted octanol–water partition coefficient (Wildman–Crippen LogP) is 3.17. The quantitative estimate of drug-likeness (QED) is 0.621. The van der Waals surface area contributed by atoms with Gasteiger partial charge in [0.05, 0.1) is 5.75 Å². The molecule has 6 nitrogen and oxygen atoms in total. The maximum Gasteiger partial charge on any atom is 0.234 e. The molecule has 2 N–H and O–H groups in total. The Hall–Kier alpha value is -2.41. The molecule has 0 spiro atoms. The zero-order valence-corrected chi connectivity index (χ0v) is 14.7. The van der Waals surface area contributed by atoms with Gasteiger partial charge >= 0.3 is 0 Å². The molecule has 0 fully saturated rings. The van der Waals surface area contributed by atoms with Crippen LogP contribution in [0.15, 0.2) is 35.5 Å². The Kier molecular flexibility index (Phi) is 6.31. The number of benzene rings is 1. The first kappa shape index (κ1) is 17.9. The number of aromatic nitrogens is 2. The van der Waals surface area contributed by atoms with Gasteiger partial charge in [-0.15, -0.1) is 0 Å². The van der Waals surface area contributed by atoms with Crippen LogP contribution in [0.4, 0.5) is 11.4 Å². The van der Waals surface area contributed by atoms with Crippen molar-refractivity contribution in [1.29, 1.82) is 0 Å².